The van der Waals surface area contributed by atoms with Gasteiger partial charge < -0.3 is 5.73 Å². The SMILES string of the molecule is CC(C)C1C[C@@H]2C(N)[C@H](C1)[C@H](C)[C@@H]2C. The van der Waals surface area contributed by atoms with Gasteiger partial charge in [-0.2, -0.15) is 0 Å². The highest BCUT2D eigenvalue weighted by Crippen LogP contribution is 2.52. The number of rotatable bonds is 1. The normalized spacial score (nSPS) is 52.7. The molecule has 0 aromatic heterocycles. The highest BCUT2D eigenvalue weighted by Gasteiger charge is 2.49. The average Bonchev–Trinajstić information content (AvgIpc) is 2.29. The van der Waals surface area contributed by atoms with Crippen LogP contribution in [0.15, 0.2) is 0 Å². The van der Waals surface area contributed by atoms with Gasteiger partial charge in [0.1, 0.15) is 0 Å². The number of hydrogen-bond donors (Lipinski definition) is 1. The Labute approximate surface area is 88.4 Å². The molecule has 0 amide bonds. The summed E-state index contributed by atoms with van der Waals surface area (Å²) in [5, 5.41) is 0. The molecule has 0 saturated heterocycles. The molecule has 1 heteroatoms. The van der Waals surface area contributed by atoms with Crippen LogP contribution in [0.2, 0.25) is 0 Å². The summed E-state index contributed by atoms with van der Waals surface area (Å²) in [5.41, 5.74) is 6.33. The van der Waals surface area contributed by atoms with Gasteiger partial charge in [0, 0.05) is 6.04 Å². The Morgan fingerprint density at radius 1 is 1.00 bits per heavy atom. The standard InChI is InChI=1S/C13H25N/c1-7(2)10-5-11-8(3)9(4)12(6-10)13(11)14/h7-13H,5-6,14H2,1-4H3/t8-,9+,10?,11-,12+,13?. The molecule has 1 nitrogen and oxygen atoms in total. The van der Waals surface area contributed by atoms with Crippen molar-refractivity contribution in [3.05, 3.63) is 0 Å². The molecule has 0 aromatic carbocycles. The quantitative estimate of drug-likeness (QED) is 0.684. The maximum atomic E-state index is 6.33. The van der Waals surface area contributed by atoms with E-state index in [-0.39, 0.29) is 0 Å². The third kappa shape index (κ3) is 1.41. The zero-order valence-corrected chi connectivity index (χ0v) is 10.0. The van der Waals surface area contributed by atoms with E-state index in [0.717, 1.165) is 35.5 Å². The van der Waals surface area contributed by atoms with Gasteiger partial charge in [0.2, 0.25) is 0 Å². The molecule has 14 heavy (non-hydrogen) atoms. The second kappa shape index (κ2) is 3.52. The molecule has 6 atom stereocenters. The molecule has 2 aliphatic rings. The lowest BCUT2D eigenvalue weighted by Crippen LogP contribution is -2.40. The molecule has 2 rings (SSSR count). The van der Waals surface area contributed by atoms with Crippen LogP contribution in [0.1, 0.15) is 40.5 Å². The predicted octanol–water partition coefficient (Wildman–Crippen LogP) is 2.90. The van der Waals surface area contributed by atoms with Gasteiger partial charge in [-0.15, -0.1) is 0 Å². The fourth-order valence-electron chi connectivity index (χ4n) is 3.88. The average molecular weight is 195 g/mol. The van der Waals surface area contributed by atoms with Gasteiger partial charge >= 0.3 is 0 Å². The summed E-state index contributed by atoms with van der Waals surface area (Å²) in [4.78, 5) is 0. The van der Waals surface area contributed by atoms with E-state index in [1.165, 1.54) is 12.8 Å². The van der Waals surface area contributed by atoms with Gasteiger partial charge in [-0.25, -0.2) is 0 Å². The van der Waals surface area contributed by atoms with Gasteiger partial charge in [0.15, 0.2) is 0 Å². The topological polar surface area (TPSA) is 26.0 Å². The van der Waals surface area contributed by atoms with E-state index in [4.69, 9.17) is 5.73 Å². The van der Waals surface area contributed by atoms with Gasteiger partial charge in [0.25, 0.3) is 0 Å². The lowest BCUT2D eigenvalue weighted by atomic mass is 9.72. The first-order chi connectivity index (χ1) is 6.52. The number of hydrogen-bond acceptors (Lipinski definition) is 1. The fourth-order valence-corrected chi connectivity index (χ4v) is 3.88. The Morgan fingerprint density at radius 2 is 1.43 bits per heavy atom. The molecule has 0 radical (unpaired) electrons. The minimum atomic E-state index is 0.509. The highest BCUT2D eigenvalue weighted by molar-refractivity contribution is 5.01. The summed E-state index contributed by atoms with van der Waals surface area (Å²) in [7, 11) is 0. The van der Waals surface area contributed by atoms with Crippen LogP contribution in [0, 0.1) is 35.5 Å². The fraction of sp³-hybridized carbons (Fsp3) is 1.00. The summed E-state index contributed by atoms with van der Waals surface area (Å²) >= 11 is 0. The van der Waals surface area contributed by atoms with Crippen molar-refractivity contribution in [3.63, 3.8) is 0 Å². The van der Waals surface area contributed by atoms with Crippen molar-refractivity contribution in [2.45, 2.75) is 46.6 Å². The van der Waals surface area contributed by atoms with Crippen LogP contribution in [-0.4, -0.2) is 6.04 Å². The maximum Gasteiger partial charge on any atom is 0.0101 e. The zero-order valence-electron chi connectivity index (χ0n) is 10.0. The van der Waals surface area contributed by atoms with Gasteiger partial charge in [0.05, 0.1) is 0 Å². The molecule has 2 N–H and O–H groups in total. The van der Waals surface area contributed by atoms with Crippen molar-refractivity contribution in [1.29, 1.82) is 0 Å². The number of fused-ring (bicyclic) bond motifs is 2. The molecule has 0 spiro atoms. The molecular weight excluding hydrogens is 170 g/mol. The van der Waals surface area contributed by atoms with Crippen LogP contribution >= 0.6 is 0 Å². The lowest BCUT2D eigenvalue weighted by Gasteiger charge is -2.36. The number of nitrogens with two attached hydrogens (primary N) is 1. The molecule has 2 aliphatic carbocycles. The first-order valence-corrected chi connectivity index (χ1v) is 6.28. The molecule has 0 aliphatic heterocycles. The van der Waals surface area contributed by atoms with E-state index in [1.54, 1.807) is 0 Å². The van der Waals surface area contributed by atoms with E-state index >= 15 is 0 Å². The van der Waals surface area contributed by atoms with Crippen molar-refractivity contribution in [2.24, 2.45) is 41.2 Å². The summed E-state index contributed by atoms with van der Waals surface area (Å²) < 4.78 is 0. The van der Waals surface area contributed by atoms with E-state index in [2.05, 4.69) is 27.7 Å². The lowest BCUT2D eigenvalue weighted by molar-refractivity contribution is 0.169. The van der Waals surface area contributed by atoms with Gasteiger partial charge in [-0.3, -0.25) is 0 Å². The third-order valence-corrected chi connectivity index (χ3v) is 5.26. The molecule has 0 heterocycles. The van der Waals surface area contributed by atoms with Gasteiger partial charge in [-0.05, 0) is 48.3 Å². The maximum absolute atomic E-state index is 6.33. The summed E-state index contributed by atoms with van der Waals surface area (Å²) in [6, 6.07) is 0.509. The molecule has 2 unspecified atom stereocenters. The Kier molecular flexibility index (Phi) is 2.63. The van der Waals surface area contributed by atoms with E-state index in [1.807, 2.05) is 0 Å². The highest BCUT2D eigenvalue weighted by atomic mass is 14.7. The van der Waals surface area contributed by atoms with Crippen LogP contribution in [0.4, 0.5) is 0 Å². The monoisotopic (exact) mass is 195 g/mol. The minimum Gasteiger partial charge on any atom is -0.327 e. The minimum absolute atomic E-state index is 0.509. The molecule has 82 valence electrons. The van der Waals surface area contributed by atoms with Crippen molar-refractivity contribution >= 4 is 0 Å². The Bertz CT molecular complexity index is 185. The first kappa shape index (κ1) is 10.5. The summed E-state index contributed by atoms with van der Waals surface area (Å²) in [5.74, 6) is 5.15. The van der Waals surface area contributed by atoms with Crippen LogP contribution in [0.25, 0.3) is 0 Å². The molecule has 2 fully saturated rings. The van der Waals surface area contributed by atoms with Crippen molar-refractivity contribution in [2.75, 3.05) is 0 Å². The van der Waals surface area contributed by atoms with E-state index in [9.17, 15) is 0 Å². The second-order valence-corrected chi connectivity index (χ2v) is 6.10. The van der Waals surface area contributed by atoms with Gasteiger partial charge in [-0.1, -0.05) is 27.7 Å². The summed E-state index contributed by atoms with van der Waals surface area (Å²) in [6.07, 6.45) is 2.78. The van der Waals surface area contributed by atoms with Crippen molar-refractivity contribution < 1.29 is 0 Å². The smallest absolute Gasteiger partial charge is 0.0101 e. The molecule has 2 bridgehead atoms. The molecule has 2 saturated carbocycles. The van der Waals surface area contributed by atoms with Crippen molar-refractivity contribution in [3.8, 4) is 0 Å². The molecular formula is C13H25N. The Hall–Kier alpha value is -0.0400. The van der Waals surface area contributed by atoms with Crippen LogP contribution in [-0.2, 0) is 0 Å². The van der Waals surface area contributed by atoms with Crippen LogP contribution in [0.3, 0.4) is 0 Å². The second-order valence-electron chi connectivity index (χ2n) is 6.10. The van der Waals surface area contributed by atoms with E-state index < -0.39 is 0 Å². The van der Waals surface area contributed by atoms with Crippen LogP contribution < -0.4 is 5.73 Å². The zero-order chi connectivity index (χ0) is 10.5. The largest absolute Gasteiger partial charge is 0.327 e. The predicted molar refractivity (Wildman–Crippen MR) is 60.8 cm³/mol. The van der Waals surface area contributed by atoms with Crippen LogP contribution in [0.5, 0.6) is 0 Å². The van der Waals surface area contributed by atoms with E-state index in [0.29, 0.717) is 6.04 Å². The van der Waals surface area contributed by atoms with Crippen molar-refractivity contribution in [1.82, 2.24) is 0 Å². The Morgan fingerprint density at radius 3 is 1.79 bits per heavy atom. The molecule has 0 aromatic rings. The Balaban J connectivity index is 2.15. The summed E-state index contributed by atoms with van der Waals surface area (Å²) in [6.45, 7) is 9.57. The first-order valence-electron chi connectivity index (χ1n) is 6.28. The third-order valence-electron chi connectivity index (χ3n) is 5.26.